The third-order valence-electron chi connectivity index (χ3n) is 3.95. The van der Waals surface area contributed by atoms with Crippen LogP contribution in [0.3, 0.4) is 0 Å². The molecule has 0 amide bonds. The van der Waals surface area contributed by atoms with Crippen molar-refractivity contribution in [2.45, 2.75) is 26.7 Å². The molecule has 3 rings (SSSR count). The Morgan fingerprint density at radius 1 is 1.12 bits per heavy atom. The van der Waals surface area contributed by atoms with Crippen LogP contribution in [0, 0.1) is 12.7 Å². The fourth-order valence-electron chi connectivity index (χ4n) is 2.60. The lowest BCUT2D eigenvalue weighted by Crippen LogP contribution is -1.89. The zero-order valence-corrected chi connectivity index (χ0v) is 15.7. The smallest absolute Gasteiger partial charge is 0.240 e. The number of aryl methyl sites for hydroxylation is 2. The Bertz CT molecular complexity index is 918. The van der Waals surface area contributed by atoms with Gasteiger partial charge in [-0.25, -0.2) is 4.39 Å². The Morgan fingerprint density at radius 2 is 1.96 bits per heavy atom. The molecule has 0 saturated heterocycles. The van der Waals surface area contributed by atoms with Crippen LogP contribution in [0.2, 0.25) is 0 Å². The van der Waals surface area contributed by atoms with Gasteiger partial charge >= 0.3 is 0 Å². The van der Waals surface area contributed by atoms with Crippen molar-refractivity contribution in [3.63, 3.8) is 0 Å². The summed E-state index contributed by atoms with van der Waals surface area (Å²) in [6, 6.07) is 10.9. The van der Waals surface area contributed by atoms with Crippen molar-refractivity contribution in [1.29, 1.82) is 0 Å². The molecule has 0 radical (unpaired) electrons. The second-order valence-electron chi connectivity index (χ2n) is 5.82. The number of aromatic nitrogens is 2. The van der Waals surface area contributed by atoms with Gasteiger partial charge in [0.2, 0.25) is 11.8 Å². The summed E-state index contributed by atoms with van der Waals surface area (Å²) in [5.74, 6) is 0.783. The first-order chi connectivity index (χ1) is 12.0. The fraction of sp³-hybridized carbons (Fsp3) is 0.200. The fourth-order valence-corrected chi connectivity index (χ4v) is 2.85. The van der Waals surface area contributed by atoms with E-state index in [2.05, 4.69) is 32.2 Å². The van der Waals surface area contributed by atoms with Crippen LogP contribution in [0.15, 0.2) is 45.3 Å². The van der Waals surface area contributed by atoms with Gasteiger partial charge in [-0.05, 0) is 59.9 Å². The molecule has 3 nitrogen and oxygen atoms in total. The first-order valence-corrected chi connectivity index (χ1v) is 8.88. The zero-order valence-electron chi connectivity index (χ0n) is 14.1. The summed E-state index contributed by atoms with van der Waals surface area (Å²) in [6.07, 6.45) is 4.98. The first kappa shape index (κ1) is 17.5. The van der Waals surface area contributed by atoms with E-state index in [1.807, 2.05) is 32.1 Å². The van der Waals surface area contributed by atoms with Gasteiger partial charge in [-0.15, -0.1) is 10.2 Å². The van der Waals surface area contributed by atoms with Crippen LogP contribution in [0.5, 0.6) is 0 Å². The molecule has 2 aromatic carbocycles. The monoisotopic (exact) mass is 400 g/mol. The quantitative estimate of drug-likeness (QED) is 0.559. The summed E-state index contributed by atoms with van der Waals surface area (Å²) < 4.78 is 20.1. The Labute approximate surface area is 154 Å². The Hall–Kier alpha value is -2.27. The average Bonchev–Trinajstić information content (AvgIpc) is 3.04. The lowest BCUT2D eigenvalue weighted by molar-refractivity contribution is 0.496. The molecule has 25 heavy (non-hydrogen) atoms. The van der Waals surface area contributed by atoms with Gasteiger partial charge in [-0.3, -0.25) is 0 Å². The maximum atomic E-state index is 13.3. The van der Waals surface area contributed by atoms with Crippen LogP contribution < -0.4 is 0 Å². The van der Waals surface area contributed by atoms with Gasteiger partial charge in [-0.2, -0.15) is 0 Å². The minimum Gasteiger partial charge on any atom is -0.421 e. The predicted octanol–water partition coefficient (Wildman–Crippen LogP) is 5.60. The summed E-state index contributed by atoms with van der Waals surface area (Å²) in [7, 11) is 0. The second-order valence-corrected chi connectivity index (χ2v) is 6.68. The van der Waals surface area contributed by atoms with E-state index in [0.29, 0.717) is 18.2 Å². The number of benzene rings is 2. The van der Waals surface area contributed by atoms with E-state index in [0.717, 1.165) is 27.6 Å². The molecule has 5 heteroatoms. The highest BCUT2D eigenvalue weighted by molar-refractivity contribution is 9.10. The summed E-state index contributed by atoms with van der Waals surface area (Å²) in [5.41, 5.74) is 4.18. The molecule has 0 atom stereocenters. The number of halogens is 2. The van der Waals surface area contributed by atoms with E-state index in [1.54, 1.807) is 18.2 Å². The molecule has 128 valence electrons. The van der Waals surface area contributed by atoms with E-state index >= 15 is 0 Å². The molecular formula is C20H18BrFN2O. The topological polar surface area (TPSA) is 38.9 Å². The molecule has 3 aromatic rings. The summed E-state index contributed by atoms with van der Waals surface area (Å²) >= 11 is 3.49. The molecule has 0 unspecified atom stereocenters. The lowest BCUT2D eigenvalue weighted by atomic mass is 10.0. The first-order valence-electron chi connectivity index (χ1n) is 8.09. The van der Waals surface area contributed by atoms with E-state index in [9.17, 15) is 4.39 Å². The standard InChI is InChI=1S/C20H18BrFN2O/c1-3-15-12-17(22)7-5-16(15)6-9-19-23-24-20(25-19)11-14-4-8-18(21)13(2)10-14/h4-10,12H,3,11H2,1-2H3/b9-6+. The third-order valence-corrected chi connectivity index (χ3v) is 4.84. The molecule has 0 aliphatic rings. The molecule has 0 aliphatic heterocycles. The minimum atomic E-state index is -0.223. The van der Waals surface area contributed by atoms with Gasteiger partial charge in [-0.1, -0.05) is 41.1 Å². The predicted molar refractivity (Wildman–Crippen MR) is 101 cm³/mol. The van der Waals surface area contributed by atoms with Crippen molar-refractivity contribution in [3.8, 4) is 0 Å². The number of rotatable bonds is 5. The van der Waals surface area contributed by atoms with Crippen molar-refractivity contribution in [1.82, 2.24) is 10.2 Å². The highest BCUT2D eigenvalue weighted by Gasteiger charge is 2.07. The zero-order chi connectivity index (χ0) is 17.8. The molecule has 0 N–H and O–H groups in total. The van der Waals surface area contributed by atoms with Crippen LogP contribution in [0.1, 0.15) is 41.0 Å². The molecule has 0 bridgehead atoms. The molecular weight excluding hydrogens is 383 g/mol. The Morgan fingerprint density at radius 3 is 2.72 bits per heavy atom. The van der Waals surface area contributed by atoms with E-state index < -0.39 is 0 Å². The Kier molecular flexibility index (Phi) is 5.43. The van der Waals surface area contributed by atoms with Crippen LogP contribution in [-0.2, 0) is 12.8 Å². The van der Waals surface area contributed by atoms with Crippen molar-refractivity contribution < 1.29 is 8.81 Å². The normalized spacial score (nSPS) is 11.4. The summed E-state index contributed by atoms with van der Waals surface area (Å²) in [6.45, 7) is 4.04. The van der Waals surface area contributed by atoms with Gasteiger partial charge in [0.1, 0.15) is 5.82 Å². The van der Waals surface area contributed by atoms with E-state index in [1.165, 1.54) is 11.6 Å². The average molecular weight is 401 g/mol. The maximum Gasteiger partial charge on any atom is 0.240 e. The third kappa shape index (κ3) is 4.42. The number of hydrogen-bond donors (Lipinski definition) is 0. The summed E-state index contributed by atoms with van der Waals surface area (Å²) in [5, 5.41) is 8.15. The highest BCUT2D eigenvalue weighted by Crippen LogP contribution is 2.19. The molecule has 1 aromatic heterocycles. The van der Waals surface area contributed by atoms with Crippen molar-refractivity contribution in [3.05, 3.63) is 80.7 Å². The van der Waals surface area contributed by atoms with E-state index in [4.69, 9.17) is 4.42 Å². The van der Waals surface area contributed by atoms with Crippen LogP contribution in [0.25, 0.3) is 12.2 Å². The van der Waals surface area contributed by atoms with Gasteiger partial charge in [0.05, 0.1) is 6.42 Å². The van der Waals surface area contributed by atoms with Gasteiger partial charge < -0.3 is 4.42 Å². The molecule has 0 spiro atoms. The molecule has 0 aliphatic carbocycles. The second kappa shape index (κ2) is 7.74. The number of nitrogens with zero attached hydrogens (tertiary/aromatic N) is 2. The van der Waals surface area contributed by atoms with Crippen molar-refractivity contribution >= 4 is 28.1 Å². The van der Waals surface area contributed by atoms with E-state index in [-0.39, 0.29) is 5.82 Å². The van der Waals surface area contributed by atoms with Crippen LogP contribution in [0.4, 0.5) is 4.39 Å². The largest absolute Gasteiger partial charge is 0.421 e. The molecule has 1 heterocycles. The van der Waals surface area contributed by atoms with Crippen molar-refractivity contribution in [2.24, 2.45) is 0 Å². The van der Waals surface area contributed by atoms with Gasteiger partial charge in [0.25, 0.3) is 0 Å². The van der Waals surface area contributed by atoms with Crippen molar-refractivity contribution in [2.75, 3.05) is 0 Å². The maximum absolute atomic E-state index is 13.3. The van der Waals surface area contributed by atoms with Crippen LogP contribution in [-0.4, -0.2) is 10.2 Å². The van der Waals surface area contributed by atoms with Crippen LogP contribution >= 0.6 is 15.9 Å². The van der Waals surface area contributed by atoms with Gasteiger partial charge in [0, 0.05) is 10.5 Å². The minimum absolute atomic E-state index is 0.223. The SMILES string of the molecule is CCc1cc(F)ccc1/C=C/c1nnc(Cc2ccc(Br)c(C)c2)o1. The molecule has 0 saturated carbocycles. The Balaban J connectivity index is 1.74. The molecule has 0 fully saturated rings. The summed E-state index contributed by atoms with van der Waals surface area (Å²) in [4.78, 5) is 0. The van der Waals surface area contributed by atoms with Gasteiger partial charge in [0.15, 0.2) is 0 Å². The highest BCUT2D eigenvalue weighted by atomic mass is 79.9. The lowest BCUT2D eigenvalue weighted by Gasteiger charge is -2.02. The number of hydrogen-bond acceptors (Lipinski definition) is 3.